The van der Waals surface area contributed by atoms with Gasteiger partial charge in [0.25, 0.3) is 0 Å². The maximum Gasteiger partial charge on any atom is 0.101 e. The molecule has 0 saturated carbocycles. The van der Waals surface area contributed by atoms with Crippen LogP contribution in [-0.4, -0.2) is 19.7 Å². The maximum atomic E-state index is 5.33. The van der Waals surface area contributed by atoms with Gasteiger partial charge < -0.3 is 0 Å². The van der Waals surface area contributed by atoms with Crippen LogP contribution in [0.3, 0.4) is 0 Å². The minimum Gasteiger partial charge on any atom is -0.254 e. The van der Waals surface area contributed by atoms with Gasteiger partial charge in [-0.1, -0.05) is 140 Å². The van der Waals surface area contributed by atoms with Gasteiger partial charge in [0.2, 0.25) is 0 Å². The molecule has 0 aliphatic rings. The zero-order valence-corrected chi connectivity index (χ0v) is 27.6. The van der Waals surface area contributed by atoms with Crippen molar-refractivity contribution >= 4 is 43.5 Å². The lowest BCUT2D eigenvalue weighted by molar-refractivity contribution is 0.918. The van der Waals surface area contributed by atoms with Crippen molar-refractivity contribution in [1.82, 2.24) is 19.7 Å². The molecule has 3 aromatic heterocycles. The van der Waals surface area contributed by atoms with Crippen LogP contribution in [0.2, 0.25) is 0 Å². The number of benzene rings is 7. The molecule has 4 nitrogen and oxygen atoms in total. The number of hydrogen-bond donors (Lipinski definition) is 0. The zero-order valence-electron chi connectivity index (χ0n) is 27.6. The highest BCUT2D eigenvalue weighted by atomic mass is 15.3. The Kier molecular flexibility index (Phi) is 6.78. The van der Waals surface area contributed by atoms with Gasteiger partial charge in [-0.25, -0.2) is 9.67 Å². The lowest BCUT2D eigenvalue weighted by atomic mass is 9.92. The summed E-state index contributed by atoms with van der Waals surface area (Å²) in [5.41, 5.74) is 12.7. The first-order valence-electron chi connectivity index (χ1n) is 17.2. The fraction of sp³-hybridized carbons (Fsp3) is 0. The minimum absolute atomic E-state index is 0.926. The molecule has 0 unspecified atom stereocenters. The maximum absolute atomic E-state index is 5.33. The van der Waals surface area contributed by atoms with Gasteiger partial charge in [0, 0.05) is 38.9 Å². The van der Waals surface area contributed by atoms with Crippen molar-refractivity contribution in [2.24, 2.45) is 0 Å². The van der Waals surface area contributed by atoms with Crippen molar-refractivity contribution in [1.29, 1.82) is 0 Å². The van der Waals surface area contributed by atoms with Crippen LogP contribution in [0, 0.1) is 0 Å². The summed E-state index contributed by atoms with van der Waals surface area (Å²) in [4.78, 5) is 9.71. The Morgan fingerprint density at radius 1 is 0.431 bits per heavy atom. The zero-order chi connectivity index (χ0) is 33.7. The Morgan fingerprint density at radius 3 is 1.84 bits per heavy atom. The molecular formula is C47H30N4. The highest BCUT2D eigenvalue weighted by Crippen LogP contribution is 2.42. The van der Waals surface area contributed by atoms with Crippen LogP contribution in [0.15, 0.2) is 182 Å². The van der Waals surface area contributed by atoms with Gasteiger partial charge in [-0.15, -0.1) is 0 Å². The second kappa shape index (κ2) is 11.9. The van der Waals surface area contributed by atoms with Crippen LogP contribution in [0.4, 0.5) is 0 Å². The van der Waals surface area contributed by atoms with Gasteiger partial charge in [0.15, 0.2) is 0 Å². The highest BCUT2D eigenvalue weighted by molar-refractivity contribution is 6.17. The van der Waals surface area contributed by atoms with E-state index in [1.165, 1.54) is 0 Å². The summed E-state index contributed by atoms with van der Waals surface area (Å²) in [5.74, 6) is 0. The van der Waals surface area contributed by atoms with E-state index in [9.17, 15) is 0 Å². The third-order valence-electron chi connectivity index (χ3n) is 9.84. The van der Waals surface area contributed by atoms with Crippen molar-refractivity contribution in [3.05, 3.63) is 182 Å². The summed E-state index contributed by atoms with van der Waals surface area (Å²) in [7, 11) is 0. The molecule has 10 aromatic rings. The molecule has 7 aromatic carbocycles. The molecule has 0 N–H and O–H groups in total. The van der Waals surface area contributed by atoms with Crippen molar-refractivity contribution in [3.8, 4) is 50.5 Å². The van der Waals surface area contributed by atoms with Crippen molar-refractivity contribution < 1.29 is 0 Å². The van der Waals surface area contributed by atoms with E-state index in [-0.39, 0.29) is 0 Å². The molecule has 0 amide bonds. The Labute approximate surface area is 294 Å². The van der Waals surface area contributed by atoms with Crippen LogP contribution in [0.1, 0.15) is 0 Å². The Morgan fingerprint density at radius 2 is 1.08 bits per heavy atom. The molecule has 0 spiro atoms. The normalized spacial score (nSPS) is 11.5. The monoisotopic (exact) mass is 650 g/mol. The number of rotatable bonds is 5. The lowest BCUT2D eigenvalue weighted by Gasteiger charge is -2.13. The van der Waals surface area contributed by atoms with Crippen molar-refractivity contribution in [2.45, 2.75) is 0 Å². The van der Waals surface area contributed by atoms with E-state index in [0.29, 0.717) is 0 Å². The number of hydrogen-bond acceptors (Lipinski definition) is 3. The largest absolute Gasteiger partial charge is 0.254 e. The molecule has 10 rings (SSSR count). The van der Waals surface area contributed by atoms with E-state index < -0.39 is 0 Å². The summed E-state index contributed by atoms with van der Waals surface area (Å²) in [6.45, 7) is 0. The third kappa shape index (κ3) is 4.96. The Hall–Kier alpha value is -6.91. The standard InChI is InChI=1S/C47H30N4/c1-4-11-32(12-5-1)41-30-38-29-37(31-18-20-33(21-19-31)42-27-25-36-23-22-35-15-10-28-48-45(35)46(36)49-42)24-26-40(38)47-43(41)44(34-13-6-2-7-14-34)50-51(47)39-16-8-3-9-17-39/h1-30H. The number of fused-ring (bicyclic) bond motifs is 6. The average Bonchev–Trinajstić information content (AvgIpc) is 3.62. The molecule has 0 saturated heterocycles. The molecule has 4 heteroatoms. The average molecular weight is 651 g/mol. The van der Waals surface area contributed by atoms with E-state index in [0.717, 1.165) is 93.9 Å². The first-order valence-corrected chi connectivity index (χ1v) is 17.2. The van der Waals surface area contributed by atoms with Crippen LogP contribution in [-0.2, 0) is 0 Å². The Bertz CT molecular complexity index is 2880. The molecule has 0 aliphatic heterocycles. The van der Waals surface area contributed by atoms with E-state index in [4.69, 9.17) is 10.1 Å². The highest BCUT2D eigenvalue weighted by Gasteiger charge is 2.21. The van der Waals surface area contributed by atoms with Crippen LogP contribution < -0.4 is 0 Å². The molecule has 0 bridgehead atoms. The number of pyridine rings is 2. The smallest absolute Gasteiger partial charge is 0.101 e. The molecule has 0 aliphatic carbocycles. The summed E-state index contributed by atoms with van der Waals surface area (Å²) >= 11 is 0. The van der Waals surface area contributed by atoms with Gasteiger partial charge in [-0.3, -0.25) is 4.98 Å². The van der Waals surface area contributed by atoms with Gasteiger partial charge in [0.1, 0.15) is 5.69 Å². The van der Waals surface area contributed by atoms with Gasteiger partial charge >= 0.3 is 0 Å². The molecule has 0 fully saturated rings. The van der Waals surface area contributed by atoms with E-state index in [1.54, 1.807) is 0 Å². The van der Waals surface area contributed by atoms with Crippen molar-refractivity contribution in [3.63, 3.8) is 0 Å². The summed E-state index contributed by atoms with van der Waals surface area (Å²) < 4.78 is 2.12. The van der Waals surface area contributed by atoms with Crippen LogP contribution >= 0.6 is 0 Å². The number of aromatic nitrogens is 4. The predicted molar refractivity (Wildman–Crippen MR) is 211 cm³/mol. The molecular weight excluding hydrogens is 621 g/mol. The van der Waals surface area contributed by atoms with Gasteiger partial charge in [-0.2, -0.15) is 5.10 Å². The molecule has 0 radical (unpaired) electrons. The fourth-order valence-corrected chi connectivity index (χ4v) is 7.34. The summed E-state index contributed by atoms with van der Waals surface area (Å²) in [5, 5.41) is 11.0. The van der Waals surface area contributed by atoms with Crippen molar-refractivity contribution in [2.75, 3.05) is 0 Å². The van der Waals surface area contributed by atoms with Crippen LogP contribution in [0.25, 0.3) is 93.9 Å². The van der Waals surface area contributed by atoms with Gasteiger partial charge in [0.05, 0.1) is 27.9 Å². The second-order valence-corrected chi connectivity index (χ2v) is 12.9. The van der Waals surface area contributed by atoms with E-state index in [1.807, 2.05) is 18.3 Å². The molecule has 0 atom stereocenters. The first kappa shape index (κ1) is 29.0. The second-order valence-electron chi connectivity index (χ2n) is 12.9. The van der Waals surface area contributed by atoms with E-state index in [2.05, 4.69) is 173 Å². The van der Waals surface area contributed by atoms with E-state index >= 15 is 0 Å². The fourth-order valence-electron chi connectivity index (χ4n) is 7.34. The minimum atomic E-state index is 0.926. The first-order chi connectivity index (χ1) is 25.3. The lowest BCUT2D eigenvalue weighted by Crippen LogP contribution is -1.97. The number of nitrogens with zero attached hydrogens (tertiary/aromatic N) is 4. The summed E-state index contributed by atoms with van der Waals surface area (Å²) in [6.07, 6.45) is 1.83. The van der Waals surface area contributed by atoms with Crippen LogP contribution in [0.5, 0.6) is 0 Å². The molecule has 51 heavy (non-hydrogen) atoms. The topological polar surface area (TPSA) is 43.6 Å². The predicted octanol–water partition coefficient (Wildman–Crippen LogP) is 11.9. The molecule has 3 heterocycles. The number of para-hydroxylation sites is 1. The quantitative estimate of drug-likeness (QED) is 0.174. The third-order valence-corrected chi connectivity index (χ3v) is 9.84. The molecule has 238 valence electrons. The SMILES string of the molecule is c1ccc(-c2cc3cc(-c4ccc(-c5ccc6ccc7cccnc7c6n5)cc4)ccc3c3c2c(-c2ccccc2)nn3-c2ccccc2)cc1. The summed E-state index contributed by atoms with van der Waals surface area (Å²) in [6, 6.07) is 62.0. The van der Waals surface area contributed by atoms with Gasteiger partial charge in [-0.05, 0) is 64.0 Å². The Balaban J connectivity index is 1.14.